The first kappa shape index (κ1) is 17.2. The van der Waals surface area contributed by atoms with Gasteiger partial charge < -0.3 is 14.2 Å². The van der Waals surface area contributed by atoms with Gasteiger partial charge in [-0.3, -0.25) is 4.79 Å². The Bertz CT molecular complexity index is 1000. The molecule has 0 aliphatic carbocycles. The highest BCUT2D eigenvalue weighted by atomic mass is 19.1. The quantitative estimate of drug-likeness (QED) is 0.703. The summed E-state index contributed by atoms with van der Waals surface area (Å²) in [5.74, 6) is 0.695. The van der Waals surface area contributed by atoms with Crippen molar-refractivity contribution in [3.63, 3.8) is 0 Å². The predicted octanol–water partition coefficient (Wildman–Crippen LogP) is 3.71. The normalized spacial score (nSPS) is 16.8. The summed E-state index contributed by atoms with van der Waals surface area (Å²) in [5, 5.41) is 3.94. The van der Waals surface area contributed by atoms with E-state index in [1.165, 1.54) is 12.1 Å². The molecule has 1 unspecified atom stereocenters. The van der Waals surface area contributed by atoms with Gasteiger partial charge in [-0.1, -0.05) is 23.4 Å². The zero-order valence-corrected chi connectivity index (χ0v) is 15.0. The van der Waals surface area contributed by atoms with Gasteiger partial charge in [0.15, 0.2) is 0 Å². The highest BCUT2D eigenvalue weighted by Crippen LogP contribution is 2.37. The zero-order chi connectivity index (χ0) is 19.0. The van der Waals surface area contributed by atoms with Gasteiger partial charge in [0.1, 0.15) is 11.6 Å². The number of benzene rings is 2. The molecule has 7 heteroatoms. The van der Waals surface area contributed by atoms with Gasteiger partial charge in [0.2, 0.25) is 17.6 Å². The molecule has 1 saturated heterocycles. The summed E-state index contributed by atoms with van der Waals surface area (Å²) in [6, 6.07) is 11.7. The summed E-state index contributed by atoms with van der Waals surface area (Å²) in [5.41, 5.74) is 2.30. The number of anilines is 1. The summed E-state index contributed by atoms with van der Waals surface area (Å²) in [4.78, 5) is 18.6. The van der Waals surface area contributed by atoms with E-state index in [-0.39, 0.29) is 24.1 Å². The van der Waals surface area contributed by atoms with Crippen molar-refractivity contribution in [1.82, 2.24) is 10.1 Å². The fraction of sp³-hybridized carbons (Fsp3) is 0.250. The van der Waals surface area contributed by atoms with E-state index in [0.29, 0.717) is 29.6 Å². The second-order valence-electron chi connectivity index (χ2n) is 6.55. The SMILES string of the molecule is COc1ccc(C)cc1N1CC(c2nc(-c3cccc(F)c3)no2)CC1=O. The minimum Gasteiger partial charge on any atom is -0.495 e. The van der Waals surface area contributed by atoms with Crippen LogP contribution in [-0.4, -0.2) is 29.7 Å². The summed E-state index contributed by atoms with van der Waals surface area (Å²) in [6.45, 7) is 2.38. The second-order valence-corrected chi connectivity index (χ2v) is 6.55. The number of ether oxygens (including phenoxy) is 1. The maximum atomic E-state index is 13.4. The standard InChI is InChI=1S/C20H18FN3O3/c1-12-6-7-17(26-2)16(8-12)24-11-14(10-18(24)25)20-22-19(23-27-20)13-4-3-5-15(21)9-13/h3-9,14H,10-11H2,1-2H3. The topological polar surface area (TPSA) is 68.5 Å². The van der Waals surface area contributed by atoms with E-state index in [0.717, 1.165) is 11.3 Å². The number of aryl methyl sites for hydroxylation is 1. The van der Waals surface area contributed by atoms with Gasteiger partial charge in [-0.25, -0.2) is 4.39 Å². The molecule has 1 amide bonds. The number of methoxy groups -OCH3 is 1. The lowest BCUT2D eigenvalue weighted by Crippen LogP contribution is -2.25. The first-order valence-electron chi connectivity index (χ1n) is 8.59. The van der Waals surface area contributed by atoms with Crippen LogP contribution < -0.4 is 9.64 Å². The average Bonchev–Trinajstić information content (AvgIpc) is 3.28. The van der Waals surface area contributed by atoms with E-state index in [2.05, 4.69) is 10.1 Å². The highest BCUT2D eigenvalue weighted by Gasteiger charge is 2.36. The maximum absolute atomic E-state index is 13.4. The molecule has 27 heavy (non-hydrogen) atoms. The number of hydrogen-bond donors (Lipinski definition) is 0. The molecule has 6 nitrogen and oxygen atoms in total. The van der Waals surface area contributed by atoms with Crippen LogP contribution in [0.5, 0.6) is 5.75 Å². The number of hydrogen-bond acceptors (Lipinski definition) is 5. The fourth-order valence-corrected chi connectivity index (χ4v) is 3.26. The number of halogens is 1. The Morgan fingerprint density at radius 3 is 2.89 bits per heavy atom. The predicted molar refractivity (Wildman–Crippen MR) is 97.1 cm³/mol. The fourth-order valence-electron chi connectivity index (χ4n) is 3.26. The van der Waals surface area contributed by atoms with Crippen molar-refractivity contribution in [1.29, 1.82) is 0 Å². The minimum atomic E-state index is -0.368. The van der Waals surface area contributed by atoms with E-state index in [9.17, 15) is 9.18 Å². The Morgan fingerprint density at radius 1 is 1.26 bits per heavy atom. The smallest absolute Gasteiger partial charge is 0.232 e. The monoisotopic (exact) mass is 367 g/mol. The first-order valence-corrected chi connectivity index (χ1v) is 8.59. The number of rotatable bonds is 4. The van der Waals surface area contributed by atoms with Crippen molar-refractivity contribution >= 4 is 11.6 Å². The Hall–Kier alpha value is -3.22. The third-order valence-electron chi connectivity index (χ3n) is 4.62. The molecule has 2 aromatic carbocycles. The molecule has 1 atom stereocenters. The summed E-state index contributed by atoms with van der Waals surface area (Å²) >= 11 is 0. The molecular weight excluding hydrogens is 349 g/mol. The van der Waals surface area contributed by atoms with Crippen LogP contribution in [0.15, 0.2) is 47.0 Å². The molecule has 138 valence electrons. The largest absolute Gasteiger partial charge is 0.495 e. The lowest BCUT2D eigenvalue weighted by atomic mass is 10.1. The number of carbonyl (C=O) groups excluding carboxylic acids is 1. The number of carbonyl (C=O) groups is 1. The van der Waals surface area contributed by atoms with Gasteiger partial charge in [0.05, 0.1) is 18.7 Å². The van der Waals surface area contributed by atoms with Crippen LogP contribution in [0.25, 0.3) is 11.4 Å². The summed E-state index contributed by atoms with van der Waals surface area (Å²) < 4.78 is 24.2. The first-order chi connectivity index (χ1) is 13.0. The van der Waals surface area contributed by atoms with Crippen LogP contribution in [0.1, 0.15) is 23.8 Å². The molecule has 2 heterocycles. The van der Waals surface area contributed by atoms with Crippen LogP contribution >= 0.6 is 0 Å². The highest BCUT2D eigenvalue weighted by molar-refractivity contribution is 5.97. The Kier molecular flexibility index (Phi) is 4.35. The molecule has 4 rings (SSSR count). The van der Waals surface area contributed by atoms with Crippen LogP contribution in [0.4, 0.5) is 10.1 Å². The molecule has 0 radical (unpaired) electrons. The van der Waals surface area contributed by atoms with Crippen molar-refractivity contribution in [2.75, 3.05) is 18.6 Å². The van der Waals surface area contributed by atoms with Gasteiger partial charge in [-0.15, -0.1) is 0 Å². The van der Waals surface area contributed by atoms with E-state index in [4.69, 9.17) is 9.26 Å². The van der Waals surface area contributed by atoms with E-state index >= 15 is 0 Å². The molecule has 0 spiro atoms. The average molecular weight is 367 g/mol. The molecule has 0 bridgehead atoms. The van der Waals surface area contributed by atoms with E-state index in [1.807, 2.05) is 25.1 Å². The molecule has 3 aromatic rings. The van der Waals surface area contributed by atoms with Crippen molar-refractivity contribution in [2.24, 2.45) is 0 Å². The summed E-state index contributed by atoms with van der Waals surface area (Å²) in [6.07, 6.45) is 0.266. The minimum absolute atomic E-state index is 0.0330. The number of amides is 1. The lowest BCUT2D eigenvalue weighted by molar-refractivity contribution is -0.117. The van der Waals surface area contributed by atoms with E-state index in [1.54, 1.807) is 24.1 Å². The van der Waals surface area contributed by atoms with Crippen LogP contribution in [0.3, 0.4) is 0 Å². The van der Waals surface area contributed by atoms with Crippen LogP contribution in [0.2, 0.25) is 0 Å². The van der Waals surface area contributed by atoms with Crippen molar-refractivity contribution in [3.05, 3.63) is 59.7 Å². The maximum Gasteiger partial charge on any atom is 0.232 e. The van der Waals surface area contributed by atoms with Gasteiger partial charge in [0, 0.05) is 18.5 Å². The summed E-state index contributed by atoms with van der Waals surface area (Å²) in [7, 11) is 1.58. The van der Waals surface area contributed by atoms with Gasteiger partial charge in [-0.2, -0.15) is 4.98 Å². The van der Waals surface area contributed by atoms with E-state index < -0.39 is 0 Å². The van der Waals surface area contributed by atoms with Crippen molar-refractivity contribution in [2.45, 2.75) is 19.3 Å². The molecule has 0 saturated carbocycles. The molecule has 1 fully saturated rings. The zero-order valence-electron chi connectivity index (χ0n) is 15.0. The van der Waals surface area contributed by atoms with Crippen molar-refractivity contribution in [3.8, 4) is 17.1 Å². The second kappa shape index (κ2) is 6.83. The third-order valence-corrected chi connectivity index (χ3v) is 4.62. The van der Waals surface area contributed by atoms with Gasteiger partial charge in [0.25, 0.3) is 0 Å². The Balaban J connectivity index is 1.59. The third kappa shape index (κ3) is 3.28. The molecule has 1 aliphatic heterocycles. The van der Waals surface area contributed by atoms with Crippen LogP contribution in [0, 0.1) is 12.7 Å². The van der Waals surface area contributed by atoms with Gasteiger partial charge in [-0.05, 0) is 36.8 Å². The molecule has 0 N–H and O–H groups in total. The Morgan fingerprint density at radius 2 is 2.11 bits per heavy atom. The van der Waals surface area contributed by atoms with Crippen LogP contribution in [-0.2, 0) is 4.79 Å². The molecule has 1 aromatic heterocycles. The number of nitrogens with zero attached hydrogens (tertiary/aromatic N) is 3. The lowest BCUT2D eigenvalue weighted by Gasteiger charge is -2.19. The number of aromatic nitrogens is 2. The Labute approximate surface area is 155 Å². The van der Waals surface area contributed by atoms with Gasteiger partial charge >= 0.3 is 0 Å². The molecular formula is C20H18FN3O3. The molecule has 1 aliphatic rings. The van der Waals surface area contributed by atoms with Crippen molar-refractivity contribution < 1.29 is 18.4 Å².